The van der Waals surface area contributed by atoms with Gasteiger partial charge in [0.05, 0.1) is 16.6 Å². The van der Waals surface area contributed by atoms with Gasteiger partial charge < -0.3 is 14.6 Å². The van der Waals surface area contributed by atoms with Crippen molar-refractivity contribution >= 4 is 11.0 Å². The van der Waals surface area contributed by atoms with Gasteiger partial charge in [0.2, 0.25) is 0 Å². The zero-order valence-electron chi connectivity index (χ0n) is 12.3. The molecule has 4 heteroatoms. The van der Waals surface area contributed by atoms with E-state index in [-0.39, 0.29) is 0 Å². The SMILES string of the molecule is CCCn1c(CC2(O)CCN(C)C2)nc2ccccc21. The Hall–Kier alpha value is -1.39. The Bertz CT molecular complexity index is 607. The largest absolute Gasteiger partial charge is 0.388 e. The van der Waals surface area contributed by atoms with Crippen LogP contribution in [0.2, 0.25) is 0 Å². The first kappa shape index (κ1) is 13.6. The lowest BCUT2D eigenvalue weighted by Gasteiger charge is -2.22. The number of aromatic nitrogens is 2. The third kappa shape index (κ3) is 2.45. The molecular weight excluding hydrogens is 250 g/mol. The summed E-state index contributed by atoms with van der Waals surface area (Å²) < 4.78 is 2.27. The molecule has 2 heterocycles. The maximum absolute atomic E-state index is 10.7. The van der Waals surface area contributed by atoms with Crippen LogP contribution in [-0.2, 0) is 13.0 Å². The highest BCUT2D eigenvalue weighted by Crippen LogP contribution is 2.26. The minimum atomic E-state index is -0.623. The fourth-order valence-electron chi connectivity index (χ4n) is 3.23. The van der Waals surface area contributed by atoms with E-state index in [9.17, 15) is 5.11 Å². The van der Waals surface area contributed by atoms with Crippen LogP contribution in [0.5, 0.6) is 0 Å². The molecule has 1 atom stereocenters. The average molecular weight is 273 g/mol. The van der Waals surface area contributed by atoms with Gasteiger partial charge in [0, 0.05) is 26.1 Å². The summed E-state index contributed by atoms with van der Waals surface area (Å²) in [5, 5.41) is 10.7. The van der Waals surface area contributed by atoms with E-state index in [4.69, 9.17) is 4.98 Å². The quantitative estimate of drug-likeness (QED) is 0.927. The fraction of sp³-hybridized carbons (Fsp3) is 0.562. The second kappa shape index (κ2) is 5.19. The van der Waals surface area contributed by atoms with E-state index in [2.05, 4.69) is 41.6 Å². The molecule has 0 aliphatic carbocycles. The minimum absolute atomic E-state index is 0.623. The van der Waals surface area contributed by atoms with E-state index in [0.29, 0.717) is 6.42 Å². The Morgan fingerprint density at radius 3 is 2.85 bits per heavy atom. The number of aliphatic hydroxyl groups is 1. The van der Waals surface area contributed by atoms with Crippen LogP contribution >= 0.6 is 0 Å². The lowest BCUT2D eigenvalue weighted by molar-refractivity contribution is 0.0496. The van der Waals surface area contributed by atoms with Crippen molar-refractivity contribution in [2.75, 3.05) is 20.1 Å². The summed E-state index contributed by atoms with van der Waals surface area (Å²) in [5.41, 5.74) is 1.59. The van der Waals surface area contributed by atoms with Crippen LogP contribution in [0.3, 0.4) is 0 Å². The predicted octanol–water partition coefficient (Wildman–Crippen LogP) is 2.06. The second-order valence-corrected chi connectivity index (χ2v) is 6.06. The zero-order chi connectivity index (χ0) is 14.2. The van der Waals surface area contributed by atoms with Crippen molar-refractivity contribution in [2.24, 2.45) is 0 Å². The number of likely N-dealkylation sites (tertiary alicyclic amines) is 1. The Labute approximate surface area is 120 Å². The summed E-state index contributed by atoms with van der Waals surface area (Å²) in [5.74, 6) is 1.02. The molecule has 0 radical (unpaired) electrons. The van der Waals surface area contributed by atoms with Crippen LogP contribution < -0.4 is 0 Å². The van der Waals surface area contributed by atoms with Crippen LogP contribution in [0, 0.1) is 0 Å². The number of para-hydroxylation sites is 2. The van der Waals surface area contributed by atoms with Gasteiger partial charge in [-0.05, 0) is 32.0 Å². The monoisotopic (exact) mass is 273 g/mol. The molecule has 1 fully saturated rings. The summed E-state index contributed by atoms with van der Waals surface area (Å²) in [6, 6.07) is 8.24. The number of rotatable bonds is 4. The van der Waals surface area contributed by atoms with Crippen molar-refractivity contribution in [1.82, 2.24) is 14.5 Å². The summed E-state index contributed by atoms with van der Waals surface area (Å²) in [6.07, 6.45) is 2.55. The van der Waals surface area contributed by atoms with Gasteiger partial charge in [0.15, 0.2) is 0 Å². The smallest absolute Gasteiger partial charge is 0.112 e. The Morgan fingerprint density at radius 2 is 2.15 bits per heavy atom. The highest BCUT2D eigenvalue weighted by atomic mass is 16.3. The molecule has 0 amide bonds. The molecule has 1 aliphatic heterocycles. The molecule has 1 saturated heterocycles. The van der Waals surface area contributed by atoms with E-state index in [1.807, 2.05) is 6.07 Å². The molecule has 1 aromatic heterocycles. The number of benzene rings is 1. The molecule has 0 spiro atoms. The van der Waals surface area contributed by atoms with Crippen molar-refractivity contribution in [3.05, 3.63) is 30.1 Å². The van der Waals surface area contributed by atoms with E-state index in [1.54, 1.807) is 0 Å². The van der Waals surface area contributed by atoms with Crippen molar-refractivity contribution in [3.63, 3.8) is 0 Å². The van der Waals surface area contributed by atoms with Crippen LogP contribution in [0.15, 0.2) is 24.3 Å². The lowest BCUT2D eigenvalue weighted by Crippen LogP contribution is -2.35. The number of β-amino-alcohol motifs (C(OH)–C–C–N with tert-alkyl or cyclic N) is 1. The van der Waals surface area contributed by atoms with Gasteiger partial charge in [0.25, 0.3) is 0 Å². The number of hydrogen-bond donors (Lipinski definition) is 1. The Kier molecular flexibility index (Phi) is 3.52. The van der Waals surface area contributed by atoms with Gasteiger partial charge in [-0.1, -0.05) is 19.1 Å². The van der Waals surface area contributed by atoms with Gasteiger partial charge in [-0.2, -0.15) is 0 Å². The Morgan fingerprint density at radius 1 is 1.35 bits per heavy atom. The van der Waals surface area contributed by atoms with Gasteiger partial charge in [-0.3, -0.25) is 0 Å². The summed E-state index contributed by atoms with van der Waals surface area (Å²) >= 11 is 0. The number of nitrogens with zero attached hydrogens (tertiary/aromatic N) is 3. The number of imidazole rings is 1. The maximum Gasteiger partial charge on any atom is 0.112 e. The second-order valence-electron chi connectivity index (χ2n) is 6.06. The molecule has 4 nitrogen and oxygen atoms in total. The van der Waals surface area contributed by atoms with Crippen LogP contribution in [0.25, 0.3) is 11.0 Å². The number of likely N-dealkylation sites (N-methyl/N-ethyl adjacent to an activating group) is 1. The third-order valence-electron chi connectivity index (χ3n) is 4.19. The number of aryl methyl sites for hydroxylation is 1. The Balaban J connectivity index is 1.96. The highest BCUT2D eigenvalue weighted by molar-refractivity contribution is 5.75. The summed E-state index contributed by atoms with van der Waals surface area (Å²) in [6.45, 7) is 4.84. The molecule has 1 aliphatic rings. The molecule has 108 valence electrons. The summed E-state index contributed by atoms with van der Waals surface area (Å²) in [4.78, 5) is 6.94. The number of hydrogen-bond acceptors (Lipinski definition) is 3. The number of fused-ring (bicyclic) bond motifs is 1. The van der Waals surface area contributed by atoms with Crippen LogP contribution in [0.1, 0.15) is 25.6 Å². The first-order chi connectivity index (χ1) is 9.61. The van der Waals surface area contributed by atoms with Gasteiger partial charge in [0.1, 0.15) is 5.82 Å². The van der Waals surface area contributed by atoms with Crippen LogP contribution in [-0.4, -0.2) is 45.3 Å². The first-order valence-corrected chi connectivity index (χ1v) is 7.46. The van der Waals surface area contributed by atoms with Crippen molar-refractivity contribution in [2.45, 2.75) is 38.3 Å². The van der Waals surface area contributed by atoms with Gasteiger partial charge in [-0.25, -0.2) is 4.98 Å². The topological polar surface area (TPSA) is 41.3 Å². The molecule has 0 bridgehead atoms. The van der Waals surface area contributed by atoms with Crippen LogP contribution in [0.4, 0.5) is 0 Å². The molecule has 1 N–H and O–H groups in total. The van der Waals surface area contributed by atoms with Gasteiger partial charge >= 0.3 is 0 Å². The van der Waals surface area contributed by atoms with E-state index in [1.165, 1.54) is 5.52 Å². The average Bonchev–Trinajstić information content (AvgIpc) is 2.92. The predicted molar refractivity (Wildman–Crippen MR) is 80.8 cm³/mol. The normalized spacial score (nSPS) is 23.8. The molecule has 3 rings (SSSR count). The van der Waals surface area contributed by atoms with E-state index < -0.39 is 5.60 Å². The third-order valence-corrected chi connectivity index (χ3v) is 4.19. The van der Waals surface area contributed by atoms with E-state index >= 15 is 0 Å². The van der Waals surface area contributed by atoms with Crippen molar-refractivity contribution in [3.8, 4) is 0 Å². The molecule has 1 unspecified atom stereocenters. The van der Waals surface area contributed by atoms with Gasteiger partial charge in [-0.15, -0.1) is 0 Å². The van der Waals surface area contributed by atoms with Crippen molar-refractivity contribution < 1.29 is 5.11 Å². The fourth-order valence-corrected chi connectivity index (χ4v) is 3.23. The molecule has 2 aromatic rings. The lowest BCUT2D eigenvalue weighted by atomic mass is 9.98. The first-order valence-electron chi connectivity index (χ1n) is 7.46. The van der Waals surface area contributed by atoms with E-state index in [0.717, 1.165) is 43.8 Å². The van der Waals surface area contributed by atoms with Crippen molar-refractivity contribution in [1.29, 1.82) is 0 Å². The molecule has 0 saturated carbocycles. The molecular formula is C16H23N3O. The standard InChI is InChI=1S/C16H23N3O/c1-3-9-19-14-7-5-4-6-13(14)17-15(19)11-16(20)8-10-18(2)12-16/h4-7,20H,3,8-12H2,1-2H3. The minimum Gasteiger partial charge on any atom is -0.388 e. The highest BCUT2D eigenvalue weighted by Gasteiger charge is 2.36. The summed E-state index contributed by atoms with van der Waals surface area (Å²) in [7, 11) is 2.06. The molecule has 20 heavy (non-hydrogen) atoms. The molecule has 1 aromatic carbocycles. The maximum atomic E-state index is 10.7. The zero-order valence-corrected chi connectivity index (χ0v) is 12.3.